The van der Waals surface area contributed by atoms with Crippen molar-refractivity contribution in [1.29, 1.82) is 0 Å². The van der Waals surface area contributed by atoms with Crippen LogP contribution in [0.3, 0.4) is 0 Å². The van der Waals surface area contributed by atoms with E-state index in [1.165, 1.54) is 30.5 Å². The van der Waals surface area contributed by atoms with Crippen molar-refractivity contribution < 1.29 is 18.7 Å². The molecule has 1 fully saturated rings. The molecule has 2 aromatic rings. The van der Waals surface area contributed by atoms with E-state index in [-0.39, 0.29) is 23.5 Å². The second-order valence-corrected chi connectivity index (χ2v) is 5.85. The van der Waals surface area contributed by atoms with Crippen LogP contribution in [0.25, 0.3) is 0 Å². The van der Waals surface area contributed by atoms with Crippen molar-refractivity contribution in [3.05, 3.63) is 65.2 Å². The summed E-state index contributed by atoms with van der Waals surface area (Å²) in [5, 5.41) is 2.92. The van der Waals surface area contributed by atoms with Gasteiger partial charge < -0.3 is 15.8 Å². The Kier molecular flexibility index (Phi) is 5.04. The van der Waals surface area contributed by atoms with Crippen LogP contribution in [0.2, 0.25) is 0 Å². The number of nitrogens with zero attached hydrogens (tertiary/aromatic N) is 1. The minimum absolute atomic E-state index is 0.0887. The van der Waals surface area contributed by atoms with Crippen LogP contribution in [0, 0.1) is 5.82 Å². The maximum atomic E-state index is 13.2. The summed E-state index contributed by atoms with van der Waals surface area (Å²) in [6.07, 6.45) is 2.84. The molecule has 2 unspecified atom stereocenters. The van der Waals surface area contributed by atoms with Gasteiger partial charge in [0.2, 0.25) is 0 Å². The van der Waals surface area contributed by atoms with E-state index in [2.05, 4.69) is 10.3 Å². The van der Waals surface area contributed by atoms with Crippen molar-refractivity contribution in [3.8, 4) is 0 Å². The van der Waals surface area contributed by atoms with Gasteiger partial charge in [-0.15, -0.1) is 0 Å². The summed E-state index contributed by atoms with van der Waals surface area (Å²) in [4.78, 5) is 27.5. The summed E-state index contributed by atoms with van der Waals surface area (Å²) in [5.74, 6) is -1.35. The number of ether oxygens (including phenoxy) is 1. The molecule has 0 spiro atoms. The van der Waals surface area contributed by atoms with Gasteiger partial charge in [-0.1, -0.05) is 12.1 Å². The summed E-state index contributed by atoms with van der Waals surface area (Å²) >= 11 is 0. The average Bonchev–Trinajstić information content (AvgIpc) is 3.15. The smallest absolute Gasteiger partial charge is 0.267 e. The summed E-state index contributed by atoms with van der Waals surface area (Å²) in [6, 6.07) is 8.47. The van der Waals surface area contributed by atoms with Crippen LogP contribution in [0.5, 0.6) is 0 Å². The number of carbonyl (C=O) groups is 2. The largest absolute Gasteiger partial charge is 0.376 e. The molecule has 2 heterocycles. The van der Waals surface area contributed by atoms with Gasteiger partial charge in [-0.05, 0) is 42.7 Å². The molecular weight excluding hydrogens is 325 g/mol. The fourth-order valence-electron chi connectivity index (χ4n) is 2.82. The molecule has 1 aliphatic rings. The Morgan fingerprint density at radius 1 is 1.24 bits per heavy atom. The lowest BCUT2D eigenvalue weighted by molar-refractivity contribution is 0.0672. The van der Waals surface area contributed by atoms with Crippen LogP contribution in [-0.4, -0.2) is 29.5 Å². The Balaban J connectivity index is 1.80. The van der Waals surface area contributed by atoms with Gasteiger partial charge in [0, 0.05) is 12.8 Å². The first-order chi connectivity index (χ1) is 12.0. The van der Waals surface area contributed by atoms with Crippen LogP contribution in [0.1, 0.15) is 45.3 Å². The molecule has 3 rings (SSSR count). The van der Waals surface area contributed by atoms with Crippen molar-refractivity contribution in [2.45, 2.75) is 25.0 Å². The Hall–Kier alpha value is -2.80. The number of hydrogen-bond donors (Lipinski definition) is 2. The number of aromatic nitrogens is 1. The number of amides is 2. The quantitative estimate of drug-likeness (QED) is 0.868. The molecule has 1 saturated heterocycles. The Bertz CT molecular complexity index is 756. The van der Waals surface area contributed by atoms with Gasteiger partial charge in [0.25, 0.3) is 11.8 Å². The van der Waals surface area contributed by atoms with Crippen molar-refractivity contribution in [3.63, 3.8) is 0 Å². The van der Waals surface area contributed by atoms with E-state index in [1.807, 2.05) is 0 Å². The first-order valence-corrected chi connectivity index (χ1v) is 7.98. The van der Waals surface area contributed by atoms with Crippen LogP contribution in [-0.2, 0) is 4.74 Å². The molecule has 0 radical (unpaired) electrons. The fraction of sp³-hybridized carbons (Fsp3) is 0.278. The lowest BCUT2D eigenvalue weighted by Crippen LogP contribution is -2.36. The molecule has 3 N–H and O–H groups in total. The Morgan fingerprint density at radius 2 is 2.00 bits per heavy atom. The molecule has 2 amide bonds. The number of nitrogens with two attached hydrogens (primary N) is 1. The van der Waals surface area contributed by atoms with Gasteiger partial charge in [-0.2, -0.15) is 0 Å². The molecule has 25 heavy (non-hydrogen) atoms. The van der Waals surface area contributed by atoms with E-state index in [9.17, 15) is 14.0 Å². The number of pyridine rings is 1. The van der Waals surface area contributed by atoms with E-state index < -0.39 is 11.9 Å². The lowest BCUT2D eigenvalue weighted by atomic mass is 9.99. The van der Waals surface area contributed by atoms with Gasteiger partial charge in [-0.25, -0.2) is 4.39 Å². The molecule has 2 atom stereocenters. The van der Waals surface area contributed by atoms with Gasteiger partial charge >= 0.3 is 0 Å². The van der Waals surface area contributed by atoms with Gasteiger partial charge in [0.15, 0.2) is 0 Å². The van der Waals surface area contributed by atoms with E-state index in [4.69, 9.17) is 10.5 Å². The highest BCUT2D eigenvalue weighted by molar-refractivity contribution is 5.96. The number of hydrogen-bond acceptors (Lipinski definition) is 4. The molecule has 0 aliphatic carbocycles. The molecule has 130 valence electrons. The van der Waals surface area contributed by atoms with E-state index in [0.29, 0.717) is 12.2 Å². The van der Waals surface area contributed by atoms with Crippen molar-refractivity contribution in [2.75, 3.05) is 6.61 Å². The van der Waals surface area contributed by atoms with Crippen LogP contribution in [0.4, 0.5) is 4.39 Å². The number of halogens is 1. The molecule has 0 bridgehead atoms. The molecule has 1 aromatic carbocycles. The number of carbonyl (C=O) groups excluding carboxylic acids is 2. The van der Waals surface area contributed by atoms with Crippen LogP contribution >= 0.6 is 0 Å². The number of nitrogens with one attached hydrogen (secondary N) is 1. The monoisotopic (exact) mass is 343 g/mol. The fourth-order valence-corrected chi connectivity index (χ4v) is 2.82. The first kappa shape index (κ1) is 17.0. The number of primary amides is 1. The third-order valence-corrected chi connectivity index (χ3v) is 4.13. The Morgan fingerprint density at radius 3 is 2.56 bits per heavy atom. The average molecular weight is 343 g/mol. The minimum atomic E-state index is -0.657. The van der Waals surface area contributed by atoms with E-state index >= 15 is 0 Å². The highest BCUT2D eigenvalue weighted by Crippen LogP contribution is 2.27. The van der Waals surface area contributed by atoms with Gasteiger partial charge in [0.05, 0.1) is 17.7 Å². The lowest BCUT2D eigenvalue weighted by Gasteiger charge is -2.24. The number of rotatable bonds is 5. The van der Waals surface area contributed by atoms with E-state index in [1.54, 1.807) is 12.1 Å². The topological polar surface area (TPSA) is 94.3 Å². The predicted octanol–water partition coefficient (Wildman–Crippen LogP) is 1.97. The van der Waals surface area contributed by atoms with Crippen LogP contribution < -0.4 is 11.1 Å². The third kappa shape index (κ3) is 4.00. The normalized spacial score (nSPS) is 17.9. The molecule has 7 heteroatoms. The second-order valence-electron chi connectivity index (χ2n) is 5.85. The zero-order valence-electron chi connectivity index (χ0n) is 13.4. The minimum Gasteiger partial charge on any atom is -0.376 e. The SMILES string of the molecule is NC(=O)c1ccc(C(=O)NC(c2ccc(F)cc2)C2CCCO2)cn1. The zero-order valence-corrected chi connectivity index (χ0v) is 13.4. The standard InChI is InChI=1S/C18H18FN3O3/c19-13-6-3-11(4-7-13)16(15-2-1-9-25-15)22-18(24)12-5-8-14(17(20)23)21-10-12/h3-8,10,15-16H,1-2,9H2,(H2,20,23)(H,22,24). The summed E-state index contributed by atoms with van der Waals surface area (Å²) in [5.41, 5.74) is 6.30. The summed E-state index contributed by atoms with van der Waals surface area (Å²) in [6.45, 7) is 0.632. The molecule has 0 saturated carbocycles. The number of benzene rings is 1. The Labute approximate surface area is 144 Å². The third-order valence-electron chi connectivity index (χ3n) is 4.13. The van der Waals surface area contributed by atoms with E-state index in [0.717, 1.165) is 18.4 Å². The van der Waals surface area contributed by atoms with Gasteiger partial charge in [0.1, 0.15) is 11.5 Å². The molecule has 1 aromatic heterocycles. The van der Waals surface area contributed by atoms with Crippen molar-refractivity contribution >= 4 is 11.8 Å². The van der Waals surface area contributed by atoms with Gasteiger partial charge in [-0.3, -0.25) is 14.6 Å². The first-order valence-electron chi connectivity index (χ1n) is 7.98. The molecular formula is C18H18FN3O3. The van der Waals surface area contributed by atoms with Crippen molar-refractivity contribution in [2.24, 2.45) is 5.73 Å². The highest BCUT2D eigenvalue weighted by atomic mass is 19.1. The van der Waals surface area contributed by atoms with Crippen LogP contribution in [0.15, 0.2) is 42.6 Å². The zero-order chi connectivity index (χ0) is 17.8. The second kappa shape index (κ2) is 7.40. The summed E-state index contributed by atoms with van der Waals surface area (Å²) in [7, 11) is 0. The summed E-state index contributed by atoms with van der Waals surface area (Å²) < 4.78 is 18.9. The molecule has 1 aliphatic heterocycles. The maximum Gasteiger partial charge on any atom is 0.267 e. The maximum absolute atomic E-state index is 13.2. The molecule has 6 nitrogen and oxygen atoms in total. The van der Waals surface area contributed by atoms with Crippen molar-refractivity contribution in [1.82, 2.24) is 10.3 Å². The highest BCUT2D eigenvalue weighted by Gasteiger charge is 2.29. The predicted molar refractivity (Wildman–Crippen MR) is 88.3 cm³/mol.